The normalized spacial score (nSPS) is 17.1. The SMILES string of the molecule is C=C1C=CC(=O)N1CCC(=O)c1ccc(NN=C2CC(C(=O)O)(C(=O)O)C2)nc1. The van der Waals surface area contributed by atoms with Crippen molar-refractivity contribution in [3.63, 3.8) is 0 Å². The summed E-state index contributed by atoms with van der Waals surface area (Å²) in [6.45, 7) is 3.96. The Bertz CT molecular complexity index is 921. The molecule has 0 radical (unpaired) electrons. The molecule has 1 amide bonds. The molecule has 10 nitrogen and oxygen atoms in total. The second-order valence-corrected chi connectivity index (χ2v) is 6.76. The van der Waals surface area contributed by atoms with Crippen molar-refractivity contribution in [3.8, 4) is 0 Å². The quantitative estimate of drug-likeness (QED) is 0.337. The van der Waals surface area contributed by atoms with Crippen LogP contribution in [-0.4, -0.2) is 56.0 Å². The van der Waals surface area contributed by atoms with Crippen molar-refractivity contribution in [1.29, 1.82) is 0 Å². The number of carbonyl (C=O) groups excluding carboxylic acids is 2. The Morgan fingerprint density at radius 2 is 1.90 bits per heavy atom. The van der Waals surface area contributed by atoms with E-state index >= 15 is 0 Å². The zero-order valence-electron chi connectivity index (χ0n) is 15.3. The van der Waals surface area contributed by atoms with Crippen LogP contribution >= 0.6 is 0 Å². The number of amides is 1. The van der Waals surface area contributed by atoms with Crippen molar-refractivity contribution in [3.05, 3.63) is 48.3 Å². The topological polar surface area (TPSA) is 149 Å². The number of carbonyl (C=O) groups is 4. The van der Waals surface area contributed by atoms with Gasteiger partial charge in [0.1, 0.15) is 5.82 Å². The summed E-state index contributed by atoms with van der Waals surface area (Å²) in [6, 6.07) is 3.08. The molecular formula is C19H18N4O6. The first-order valence-corrected chi connectivity index (χ1v) is 8.69. The fourth-order valence-electron chi connectivity index (χ4n) is 2.98. The molecule has 29 heavy (non-hydrogen) atoms. The van der Waals surface area contributed by atoms with Gasteiger partial charge >= 0.3 is 11.9 Å². The summed E-state index contributed by atoms with van der Waals surface area (Å²) < 4.78 is 0. The number of carboxylic acid groups (broad SMARTS) is 2. The zero-order valence-corrected chi connectivity index (χ0v) is 15.3. The average molecular weight is 398 g/mol. The van der Waals surface area contributed by atoms with Gasteiger partial charge in [-0.15, -0.1) is 0 Å². The number of rotatable bonds is 8. The van der Waals surface area contributed by atoms with Crippen LogP contribution in [0.1, 0.15) is 29.6 Å². The molecule has 0 unspecified atom stereocenters. The maximum absolute atomic E-state index is 12.3. The number of nitrogens with zero attached hydrogens (tertiary/aromatic N) is 3. The van der Waals surface area contributed by atoms with Crippen molar-refractivity contribution >= 4 is 35.2 Å². The molecule has 1 aliphatic carbocycles. The van der Waals surface area contributed by atoms with Crippen molar-refractivity contribution in [2.45, 2.75) is 19.3 Å². The lowest BCUT2D eigenvalue weighted by Crippen LogP contribution is -2.50. The third-order valence-electron chi connectivity index (χ3n) is 4.84. The molecule has 2 heterocycles. The van der Waals surface area contributed by atoms with Crippen LogP contribution in [0.4, 0.5) is 5.82 Å². The van der Waals surface area contributed by atoms with Crippen LogP contribution in [0.2, 0.25) is 0 Å². The summed E-state index contributed by atoms with van der Waals surface area (Å²) in [5.74, 6) is -2.84. The summed E-state index contributed by atoms with van der Waals surface area (Å²) in [6.07, 6.45) is 4.11. The van der Waals surface area contributed by atoms with E-state index in [-0.39, 0.29) is 37.5 Å². The molecule has 3 N–H and O–H groups in total. The average Bonchev–Trinajstić information content (AvgIpc) is 2.96. The second-order valence-electron chi connectivity index (χ2n) is 6.76. The molecule has 0 bridgehead atoms. The molecule has 0 saturated heterocycles. The summed E-state index contributed by atoms with van der Waals surface area (Å²) >= 11 is 0. The van der Waals surface area contributed by atoms with E-state index in [1.807, 2.05) is 0 Å². The van der Waals surface area contributed by atoms with E-state index in [1.165, 1.54) is 23.2 Å². The number of anilines is 1. The fraction of sp³-hybridized carbons (Fsp3) is 0.263. The molecule has 1 aliphatic heterocycles. The van der Waals surface area contributed by atoms with Crippen LogP contribution in [0.3, 0.4) is 0 Å². The van der Waals surface area contributed by atoms with Gasteiger partial charge in [-0.3, -0.25) is 24.6 Å². The Kier molecular flexibility index (Phi) is 5.26. The highest BCUT2D eigenvalue weighted by molar-refractivity contribution is 6.12. The van der Waals surface area contributed by atoms with Crippen molar-refractivity contribution in [2.24, 2.45) is 10.5 Å². The Balaban J connectivity index is 1.52. The van der Waals surface area contributed by atoms with E-state index in [4.69, 9.17) is 10.2 Å². The summed E-state index contributed by atoms with van der Waals surface area (Å²) in [5.41, 5.74) is 2.12. The van der Waals surface area contributed by atoms with E-state index in [2.05, 4.69) is 22.1 Å². The molecule has 1 saturated carbocycles. The van der Waals surface area contributed by atoms with Gasteiger partial charge in [0.05, 0.1) is 0 Å². The number of Topliss-reactive ketones (excluding diaryl/α,β-unsaturated/α-hetero) is 1. The fourth-order valence-corrected chi connectivity index (χ4v) is 2.98. The van der Waals surface area contributed by atoms with Gasteiger partial charge in [0, 0.05) is 55.1 Å². The molecule has 1 fully saturated rings. The van der Waals surface area contributed by atoms with Crippen LogP contribution < -0.4 is 5.43 Å². The highest BCUT2D eigenvalue weighted by Crippen LogP contribution is 2.39. The Morgan fingerprint density at radius 1 is 1.21 bits per heavy atom. The van der Waals surface area contributed by atoms with Crippen molar-refractivity contribution in [1.82, 2.24) is 9.88 Å². The first kappa shape index (κ1) is 19.9. The first-order valence-electron chi connectivity index (χ1n) is 8.69. The van der Waals surface area contributed by atoms with Crippen LogP contribution in [0.15, 0.2) is 47.9 Å². The molecule has 150 valence electrons. The van der Waals surface area contributed by atoms with Gasteiger partial charge in [-0.25, -0.2) is 4.98 Å². The molecule has 2 aliphatic rings. The molecule has 1 aromatic rings. The monoisotopic (exact) mass is 398 g/mol. The Morgan fingerprint density at radius 3 is 2.41 bits per heavy atom. The van der Waals surface area contributed by atoms with Crippen LogP contribution in [-0.2, 0) is 14.4 Å². The zero-order chi connectivity index (χ0) is 21.2. The summed E-state index contributed by atoms with van der Waals surface area (Å²) in [5, 5.41) is 22.1. The van der Waals surface area contributed by atoms with E-state index in [0.29, 0.717) is 22.8 Å². The van der Waals surface area contributed by atoms with E-state index in [1.54, 1.807) is 12.1 Å². The number of aromatic nitrogens is 1. The first-order chi connectivity index (χ1) is 13.7. The molecule has 1 aromatic heterocycles. The lowest BCUT2D eigenvalue weighted by atomic mass is 9.67. The standard InChI is InChI=1S/C19H18N4O6/c1-11-2-5-16(25)23(11)7-6-14(24)12-3-4-15(20-10-12)22-21-13-8-19(9-13,17(26)27)18(28)29/h2-5,10H,1,6-9H2,(H,20,22)(H,26,27)(H,28,29). The highest BCUT2D eigenvalue weighted by Gasteiger charge is 2.55. The third kappa shape index (κ3) is 3.91. The Labute approximate surface area is 165 Å². The minimum absolute atomic E-state index is 0.121. The smallest absolute Gasteiger partial charge is 0.321 e. The maximum Gasteiger partial charge on any atom is 0.321 e. The van der Waals surface area contributed by atoms with Gasteiger partial charge in [0.15, 0.2) is 11.2 Å². The minimum Gasteiger partial charge on any atom is -0.480 e. The van der Waals surface area contributed by atoms with Gasteiger partial charge in [-0.2, -0.15) is 5.10 Å². The number of pyridine rings is 1. The minimum atomic E-state index is -1.82. The highest BCUT2D eigenvalue weighted by atomic mass is 16.4. The summed E-state index contributed by atoms with van der Waals surface area (Å²) in [4.78, 5) is 51.6. The second kappa shape index (κ2) is 7.66. The van der Waals surface area contributed by atoms with E-state index in [9.17, 15) is 19.2 Å². The van der Waals surface area contributed by atoms with E-state index in [0.717, 1.165) is 0 Å². The largest absolute Gasteiger partial charge is 0.480 e. The lowest BCUT2D eigenvalue weighted by molar-refractivity contribution is -0.165. The number of hydrogen-bond donors (Lipinski definition) is 3. The van der Waals surface area contributed by atoms with Crippen LogP contribution in [0, 0.1) is 5.41 Å². The van der Waals surface area contributed by atoms with Gasteiger partial charge in [-0.1, -0.05) is 6.58 Å². The van der Waals surface area contributed by atoms with Crippen molar-refractivity contribution < 1.29 is 29.4 Å². The van der Waals surface area contributed by atoms with E-state index < -0.39 is 17.4 Å². The number of hydrazone groups is 1. The molecular weight excluding hydrogens is 380 g/mol. The number of allylic oxidation sites excluding steroid dienone is 1. The van der Waals surface area contributed by atoms with Gasteiger partial charge in [0.25, 0.3) is 5.91 Å². The number of carboxylic acids is 2. The number of hydrogen-bond acceptors (Lipinski definition) is 7. The number of ketones is 1. The Hall–Kier alpha value is -3.82. The van der Waals surface area contributed by atoms with Crippen LogP contribution in [0.5, 0.6) is 0 Å². The van der Waals surface area contributed by atoms with Gasteiger partial charge in [0.2, 0.25) is 0 Å². The molecule has 0 aromatic carbocycles. The molecule has 10 heteroatoms. The lowest BCUT2D eigenvalue weighted by Gasteiger charge is -2.34. The van der Waals surface area contributed by atoms with Crippen LogP contribution in [0.25, 0.3) is 0 Å². The molecule has 0 spiro atoms. The predicted octanol–water partition coefficient (Wildman–Crippen LogP) is 1.28. The van der Waals surface area contributed by atoms with Gasteiger partial charge < -0.3 is 15.1 Å². The molecule has 0 atom stereocenters. The third-order valence-corrected chi connectivity index (χ3v) is 4.84. The number of nitrogens with one attached hydrogen (secondary N) is 1. The van der Waals surface area contributed by atoms with Gasteiger partial charge in [-0.05, 0) is 18.2 Å². The summed E-state index contributed by atoms with van der Waals surface area (Å²) in [7, 11) is 0. The number of aliphatic carboxylic acids is 2. The van der Waals surface area contributed by atoms with Crippen molar-refractivity contribution in [2.75, 3.05) is 12.0 Å². The molecule has 3 rings (SSSR count). The predicted molar refractivity (Wildman–Crippen MR) is 101 cm³/mol. The maximum atomic E-state index is 12.3.